The number of aromatic nitrogens is 1. The Hall–Kier alpha value is -2.95. The van der Waals surface area contributed by atoms with Gasteiger partial charge in [0.1, 0.15) is 0 Å². The van der Waals surface area contributed by atoms with E-state index in [4.69, 9.17) is 19.9 Å². The van der Waals surface area contributed by atoms with Crippen LogP contribution in [0.25, 0.3) is 17.0 Å². The van der Waals surface area contributed by atoms with E-state index in [2.05, 4.69) is 65.8 Å². The second-order valence-corrected chi connectivity index (χ2v) is 9.57. The number of amides is 1. The number of nitrogens with two attached hydrogens (primary N) is 1. The number of carbonyl (C=O) groups is 1. The molecule has 0 atom stereocenters. The minimum Gasteiger partial charge on any atom is -0.378 e. The molecule has 0 unspecified atom stereocenters. The molecule has 0 fully saturated rings. The van der Waals surface area contributed by atoms with Crippen LogP contribution in [0.4, 0.5) is 5.69 Å². The third-order valence-corrected chi connectivity index (χ3v) is 7.06. The predicted molar refractivity (Wildman–Crippen MR) is 147 cm³/mol. The summed E-state index contributed by atoms with van der Waals surface area (Å²) in [4.78, 5) is 16.1. The van der Waals surface area contributed by atoms with Crippen LogP contribution in [0.2, 0.25) is 0 Å². The van der Waals surface area contributed by atoms with Crippen molar-refractivity contribution >= 4 is 40.3 Å². The standard InChI is InChI=1S/C28H34N4O4S/c1-31-25-8-4-5-9-26(25)37-28(31)20-22-10-13-32(24-7-3-2-6-23(22)24)21-27(33)30-12-15-35-17-19-36-18-16-34-14-11-29/h2-10,13,20H,11-12,14-19,21,29H2,1H3/p+1. The molecule has 2 heterocycles. The lowest BCUT2D eigenvalue weighted by Gasteiger charge is -2.13. The molecule has 0 saturated heterocycles. The van der Waals surface area contributed by atoms with Crippen molar-refractivity contribution < 1.29 is 23.6 Å². The van der Waals surface area contributed by atoms with Gasteiger partial charge in [-0.3, -0.25) is 4.79 Å². The molecule has 8 nitrogen and oxygen atoms in total. The van der Waals surface area contributed by atoms with E-state index in [1.807, 2.05) is 22.9 Å². The second-order valence-electron chi connectivity index (χ2n) is 8.50. The Labute approximate surface area is 222 Å². The number of nitrogens with zero attached hydrogens (tertiary/aromatic N) is 2. The summed E-state index contributed by atoms with van der Waals surface area (Å²) < 4.78 is 18.2. The van der Waals surface area contributed by atoms with Gasteiger partial charge in [-0.15, -0.1) is 0 Å². The number of rotatable bonds is 14. The Kier molecular flexibility index (Phi) is 10.3. The van der Waals surface area contributed by atoms with Gasteiger partial charge in [0.05, 0.1) is 55.7 Å². The van der Waals surface area contributed by atoms with Gasteiger partial charge in [-0.2, -0.15) is 4.57 Å². The average Bonchev–Trinajstić information content (AvgIpc) is 3.23. The number of hydrogen-bond acceptors (Lipinski definition) is 7. The number of ether oxygens (including phenoxy) is 3. The quantitative estimate of drug-likeness (QED) is 0.248. The van der Waals surface area contributed by atoms with Gasteiger partial charge < -0.3 is 30.2 Å². The Bertz CT molecular complexity index is 1220. The van der Waals surface area contributed by atoms with Crippen LogP contribution in [0.1, 0.15) is 5.56 Å². The highest BCUT2D eigenvalue weighted by Crippen LogP contribution is 2.45. The normalized spacial score (nSPS) is 13.9. The highest BCUT2D eigenvalue weighted by Gasteiger charge is 2.22. The fourth-order valence-electron chi connectivity index (χ4n) is 4.05. The van der Waals surface area contributed by atoms with Gasteiger partial charge in [-0.1, -0.05) is 36.0 Å². The number of anilines is 1. The van der Waals surface area contributed by atoms with Crippen molar-refractivity contribution in [2.45, 2.75) is 11.4 Å². The summed E-state index contributed by atoms with van der Waals surface area (Å²) in [5.41, 5.74) is 8.71. The Morgan fingerprint density at radius 3 is 2.46 bits per heavy atom. The topological polar surface area (TPSA) is 89.9 Å². The molecule has 4 rings (SSSR count). The Morgan fingerprint density at radius 2 is 1.68 bits per heavy atom. The molecular formula is C28H35N4O4S+. The summed E-state index contributed by atoms with van der Waals surface area (Å²) >= 11 is 1.77. The van der Waals surface area contributed by atoms with Crippen LogP contribution in [-0.2, 0) is 25.5 Å². The van der Waals surface area contributed by atoms with E-state index in [-0.39, 0.29) is 12.5 Å². The first-order valence-corrected chi connectivity index (χ1v) is 13.3. The molecule has 0 saturated carbocycles. The lowest BCUT2D eigenvalue weighted by atomic mass is 10.1. The smallest absolute Gasteiger partial charge is 0.286 e. The maximum atomic E-state index is 12.6. The molecule has 1 amide bonds. The van der Waals surface area contributed by atoms with Gasteiger partial charge in [-0.25, -0.2) is 0 Å². The van der Waals surface area contributed by atoms with Crippen LogP contribution < -0.4 is 20.5 Å². The molecule has 1 aromatic heterocycles. The van der Waals surface area contributed by atoms with Crippen molar-refractivity contribution in [2.75, 3.05) is 64.7 Å². The summed E-state index contributed by atoms with van der Waals surface area (Å²) in [5.74, 6) is -0.0558. The molecule has 196 valence electrons. The van der Waals surface area contributed by atoms with Gasteiger partial charge in [0.2, 0.25) is 12.1 Å². The summed E-state index contributed by atoms with van der Waals surface area (Å²) in [5, 5.41) is 5.21. The summed E-state index contributed by atoms with van der Waals surface area (Å²) in [6.45, 7) is 4.19. The fourth-order valence-corrected chi connectivity index (χ4v) is 5.15. The average molecular weight is 524 g/mol. The summed E-state index contributed by atoms with van der Waals surface area (Å²) in [7, 11) is 2.09. The maximum Gasteiger partial charge on any atom is 0.286 e. The molecule has 37 heavy (non-hydrogen) atoms. The van der Waals surface area contributed by atoms with Crippen molar-refractivity contribution in [1.82, 2.24) is 5.32 Å². The SMILES string of the molecule is CN1/C(=C/c2cc[n+](CC(=O)NCCOCCOCCOCCN)c3ccccc23)Sc2ccccc21. The van der Waals surface area contributed by atoms with Crippen molar-refractivity contribution in [2.24, 2.45) is 5.73 Å². The third-order valence-electron chi connectivity index (χ3n) is 5.90. The minimum atomic E-state index is -0.0558. The zero-order valence-corrected chi connectivity index (χ0v) is 22.0. The van der Waals surface area contributed by atoms with Crippen LogP contribution in [0.5, 0.6) is 0 Å². The van der Waals surface area contributed by atoms with Crippen molar-refractivity contribution in [3.63, 3.8) is 0 Å². The van der Waals surface area contributed by atoms with Crippen LogP contribution in [-0.4, -0.2) is 65.7 Å². The predicted octanol–water partition coefficient (Wildman–Crippen LogP) is 2.79. The molecule has 3 aromatic rings. The maximum absolute atomic E-state index is 12.6. The molecule has 3 N–H and O–H groups in total. The first kappa shape index (κ1) is 27.1. The van der Waals surface area contributed by atoms with Crippen molar-refractivity contribution in [3.05, 3.63) is 71.4 Å². The van der Waals surface area contributed by atoms with E-state index in [1.165, 1.54) is 15.6 Å². The van der Waals surface area contributed by atoms with Crippen LogP contribution in [0.15, 0.2) is 70.7 Å². The van der Waals surface area contributed by atoms with E-state index in [9.17, 15) is 4.79 Å². The molecule has 1 aliphatic heterocycles. The van der Waals surface area contributed by atoms with Gasteiger partial charge in [0, 0.05) is 37.2 Å². The molecule has 0 aliphatic carbocycles. The first-order valence-electron chi connectivity index (χ1n) is 12.5. The molecule has 1 aliphatic rings. The number of fused-ring (bicyclic) bond motifs is 2. The van der Waals surface area contributed by atoms with Crippen molar-refractivity contribution in [1.29, 1.82) is 0 Å². The Morgan fingerprint density at radius 1 is 0.973 bits per heavy atom. The van der Waals surface area contributed by atoms with Crippen molar-refractivity contribution in [3.8, 4) is 0 Å². The van der Waals surface area contributed by atoms with E-state index in [0.717, 1.165) is 16.5 Å². The van der Waals surface area contributed by atoms with Gasteiger partial charge in [0.15, 0.2) is 6.20 Å². The molecule has 0 spiro atoms. The minimum absolute atomic E-state index is 0.0558. The lowest BCUT2D eigenvalue weighted by molar-refractivity contribution is -0.658. The van der Waals surface area contributed by atoms with E-state index in [1.54, 1.807) is 11.8 Å². The van der Waals surface area contributed by atoms with Crippen LogP contribution >= 0.6 is 11.8 Å². The number of thioether (sulfide) groups is 1. The zero-order chi connectivity index (χ0) is 25.9. The van der Waals surface area contributed by atoms with Gasteiger partial charge in [0.25, 0.3) is 5.91 Å². The second kappa shape index (κ2) is 14.1. The third kappa shape index (κ3) is 7.53. The first-order chi connectivity index (χ1) is 18.2. The number of carbonyl (C=O) groups excluding carboxylic acids is 1. The molecule has 0 bridgehead atoms. The highest BCUT2D eigenvalue weighted by atomic mass is 32.2. The van der Waals surface area contributed by atoms with Crippen LogP contribution in [0.3, 0.4) is 0 Å². The largest absolute Gasteiger partial charge is 0.378 e. The highest BCUT2D eigenvalue weighted by molar-refractivity contribution is 8.03. The van der Waals surface area contributed by atoms with E-state index < -0.39 is 0 Å². The fraction of sp³-hybridized carbons (Fsp3) is 0.357. The summed E-state index contributed by atoms with van der Waals surface area (Å²) in [6, 6.07) is 18.7. The number of nitrogens with one attached hydrogen (secondary N) is 1. The molecule has 2 aromatic carbocycles. The number of hydrogen-bond donors (Lipinski definition) is 2. The monoisotopic (exact) mass is 523 g/mol. The Balaban J connectivity index is 1.27. The van der Waals surface area contributed by atoms with E-state index in [0.29, 0.717) is 52.7 Å². The molecular weight excluding hydrogens is 488 g/mol. The molecule has 0 radical (unpaired) electrons. The number of pyridine rings is 1. The van der Waals surface area contributed by atoms with Gasteiger partial charge in [-0.05, 0) is 29.8 Å². The molecule has 9 heteroatoms. The lowest BCUT2D eigenvalue weighted by Crippen LogP contribution is -2.44. The van der Waals surface area contributed by atoms with Gasteiger partial charge >= 0.3 is 0 Å². The zero-order valence-electron chi connectivity index (χ0n) is 21.2. The van der Waals surface area contributed by atoms with Crippen LogP contribution in [0, 0.1) is 0 Å². The van der Waals surface area contributed by atoms with E-state index >= 15 is 0 Å². The number of benzene rings is 2. The number of para-hydroxylation sites is 2. The summed E-state index contributed by atoms with van der Waals surface area (Å²) in [6.07, 6.45) is 4.19.